The molecule has 0 aromatic heterocycles. The molecular formula is C22H44BrNO. The fourth-order valence-corrected chi connectivity index (χ4v) is 3.72. The van der Waals surface area contributed by atoms with Crippen molar-refractivity contribution in [1.82, 2.24) is 5.32 Å². The first-order valence-electron chi connectivity index (χ1n) is 11.1. The third kappa shape index (κ3) is 18.5. The molecule has 0 bridgehead atoms. The molecule has 1 atom stereocenters. The second-order valence-electron chi connectivity index (χ2n) is 7.58. The van der Waals surface area contributed by atoms with E-state index in [0.29, 0.717) is 12.3 Å². The lowest BCUT2D eigenvalue weighted by molar-refractivity contribution is -0.121. The molecule has 0 aromatic carbocycles. The monoisotopic (exact) mass is 417 g/mol. The largest absolute Gasteiger partial charge is 0.356 e. The molecule has 0 saturated carbocycles. The summed E-state index contributed by atoms with van der Waals surface area (Å²) in [5, 5.41) is 4.26. The number of carbonyl (C=O) groups excluding carboxylic acids is 1. The highest BCUT2D eigenvalue weighted by Crippen LogP contribution is 2.18. The summed E-state index contributed by atoms with van der Waals surface area (Å²) in [5.74, 6) is 0.950. The van der Waals surface area contributed by atoms with Crippen molar-refractivity contribution in [2.75, 3.05) is 11.9 Å². The zero-order valence-corrected chi connectivity index (χ0v) is 18.7. The molecule has 0 aromatic rings. The highest BCUT2D eigenvalue weighted by atomic mass is 79.9. The lowest BCUT2D eigenvalue weighted by Crippen LogP contribution is -2.29. The molecule has 3 heteroatoms. The first-order chi connectivity index (χ1) is 12.2. The van der Waals surface area contributed by atoms with Crippen LogP contribution in [0.1, 0.15) is 117 Å². The molecule has 1 N–H and O–H groups in total. The summed E-state index contributed by atoms with van der Waals surface area (Å²) < 4.78 is 0. The van der Waals surface area contributed by atoms with Gasteiger partial charge in [0.2, 0.25) is 5.91 Å². The van der Waals surface area contributed by atoms with Gasteiger partial charge in [0.1, 0.15) is 0 Å². The van der Waals surface area contributed by atoms with Gasteiger partial charge in [0, 0.05) is 18.3 Å². The average Bonchev–Trinajstić information content (AvgIpc) is 2.62. The van der Waals surface area contributed by atoms with Crippen molar-refractivity contribution >= 4 is 21.8 Å². The van der Waals surface area contributed by atoms with Crippen LogP contribution in [0, 0.1) is 5.92 Å². The summed E-state index contributed by atoms with van der Waals surface area (Å²) >= 11 is 3.44. The van der Waals surface area contributed by atoms with Gasteiger partial charge in [-0.15, -0.1) is 0 Å². The van der Waals surface area contributed by atoms with Crippen LogP contribution < -0.4 is 5.32 Å². The summed E-state index contributed by atoms with van der Waals surface area (Å²) in [6.45, 7) is 5.44. The first kappa shape index (κ1) is 24.9. The normalized spacial score (nSPS) is 12.3. The van der Waals surface area contributed by atoms with Gasteiger partial charge >= 0.3 is 0 Å². The molecule has 0 rings (SSSR count). The molecule has 0 aliphatic heterocycles. The number of halogens is 1. The molecule has 0 aliphatic carbocycles. The van der Waals surface area contributed by atoms with Gasteiger partial charge in [0.25, 0.3) is 0 Å². The van der Waals surface area contributed by atoms with Crippen LogP contribution in [0.4, 0.5) is 0 Å². The zero-order chi connectivity index (χ0) is 18.6. The molecule has 25 heavy (non-hydrogen) atoms. The number of carbonyl (C=O) groups is 1. The minimum Gasteiger partial charge on any atom is -0.356 e. The number of hydrogen-bond acceptors (Lipinski definition) is 1. The van der Waals surface area contributed by atoms with Crippen LogP contribution in [-0.4, -0.2) is 17.8 Å². The number of nitrogens with one attached hydrogen (secondary N) is 1. The van der Waals surface area contributed by atoms with Crippen molar-refractivity contribution in [3.8, 4) is 0 Å². The van der Waals surface area contributed by atoms with Gasteiger partial charge in [-0.1, -0.05) is 100 Å². The van der Waals surface area contributed by atoms with E-state index in [1.54, 1.807) is 0 Å². The van der Waals surface area contributed by atoms with E-state index in [0.717, 1.165) is 24.7 Å². The number of hydrogen-bond donors (Lipinski definition) is 1. The highest BCUT2D eigenvalue weighted by molar-refractivity contribution is 9.09. The lowest BCUT2D eigenvalue weighted by atomic mass is 9.94. The van der Waals surface area contributed by atoms with Gasteiger partial charge in [0.15, 0.2) is 0 Å². The predicted octanol–water partition coefficient (Wildman–Crippen LogP) is 7.40. The number of unbranched alkanes of at least 4 members (excludes halogenated alkanes) is 10. The quantitative estimate of drug-likeness (QED) is 0.172. The van der Waals surface area contributed by atoms with E-state index in [2.05, 4.69) is 35.1 Å². The zero-order valence-electron chi connectivity index (χ0n) is 17.1. The minimum absolute atomic E-state index is 0.260. The summed E-state index contributed by atoms with van der Waals surface area (Å²) in [4.78, 5) is 12.0. The van der Waals surface area contributed by atoms with E-state index in [1.807, 2.05) is 0 Å². The standard InChI is InChI=1S/C22H44BrNO/c1-3-5-7-9-10-13-17-21(16-12-8-6-4-2)20-24-22(25)18-14-11-15-19-23/h21H,3-20H2,1-2H3,(H,24,25). The van der Waals surface area contributed by atoms with E-state index in [-0.39, 0.29) is 5.91 Å². The third-order valence-corrected chi connectivity index (χ3v) is 5.62. The van der Waals surface area contributed by atoms with Gasteiger partial charge in [-0.05, 0) is 31.6 Å². The predicted molar refractivity (Wildman–Crippen MR) is 116 cm³/mol. The summed E-state index contributed by atoms with van der Waals surface area (Å²) in [6, 6.07) is 0. The topological polar surface area (TPSA) is 29.1 Å². The van der Waals surface area contributed by atoms with Crippen LogP contribution in [0.25, 0.3) is 0 Å². The molecule has 1 amide bonds. The first-order valence-corrected chi connectivity index (χ1v) is 12.2. The maximum absolute atomic E-state index is 12.0. The molecular weight excluding hydrogens is 374 g/mol. The molecule has 0 fully saturated rings. The fourth-order valence-electron chi connectivity index (χ4n) is 3.32. The van der Waals surface area contributed by atoms with Crippen LogP contribution in [0.2, 0.25) is 0 Å². The minimum atomic E-state index is 0.260. The highest BCUT2D eigenvalue weighted by Gasteiger charge is 2.10. The van der Waals surface area contributed by atoms with Crippen LogP contribution >= 0.6 is 15.9 Å². The Hall–Kier alpha value is -0.0500. The second-order valence-corrected chi connectivity index (χ2v) is 8.37. The summed E-state index contributed by atoms with van der Waals surface area (Å²) in [7, 11) is 0. The van der Waals surface area contributed by atoms with Crippen LogP contribution in [0.3, 0.4) is 0 Å². The Morgan fingerprint density at radius 2 is 1.28 bits per heavy atom. The maximum atomic E-state index is 12.0. The van der Waals surface area contributed by atoms with Gasteiger partial charge in [-0.3, -0.25) is 4.79 Å². The lowest BCUT2D eigenvalue weighted by Gasteiger charge is -2.18. The molecule has 0 radical (unpaired) electrons. The van der Waals surface area contributed by atoms with Gasteiger partial charge in [-0.25, -0.2) is 0 Å². The molecule has 0 saturated heterocycles. The summed E-state index contributed by atoms with van der Waals surface area (Å²) in [5.41, 5.74) is 0. The van der Waals surface area contributed by atoms with Crippen molar-refractivity contribution < 1.29 is 4.79 Å². The molecule has 1 unspecified atom stereocenters. The smallest absolute Gasteiger partial charge is 0.220 e. The van der Waals surface area contributed by atoms with E-state index < -0.39 is 0 Å². The molecule has 0 aliphatic rings. The van der Waals surface area contributed by atoms with Crippen molar-refractivity contribution in [3.63, 3.8) is 0 Å². The summed E-state index contributed by atoms with van der Waals surface area (Å²) in [6.07, 6.45) is 20.1. The van der Waals surface area contributed by atoms with Crippen molar-refractivity contribution in [2.24, 2.45) is 5.92 Å². The Balaban J connectivity index is 3.92. The van der Waals surface area contributed by atoms with Crippen molar-refractivity contribution in [2.45, 2.75) is 117 Å². The Kier molecular flexibility index (Phi) is 20.2. The van der Waals surface area contributed by atoms with Crippen LogP contribution in [-0.2, 0) is 4.79 Å². The number of rotatable bonds is 19. The van der Waals surface area contributed by atoms with Crippen molar-refractivity contribution in [3.05, 3.63) is 0 Å². The number of amides is 1. The molecule has 150 valence electrons. The SMILES string of the molecule is CCCCCCCCC(CCCCCC)CNC(=O)CCCCCBr. The average molecular weight is 419 g/mol. The third-order valence-electron chi connectivity index (χ3n) is 5.06. The molecule has 0 spiro atoms. The van der Waals surface area contributed by atoms with Crippen LogP contribution in [0.5, 0.6) is 0 Å². The van der Waals surface area contributed by atoms with E-state index in [4.69, 9.17) is 0 Å². The maximum Gasteiger partial charge on any atom is 0.220 e. The van der Waals surface area contributed by atoms with Crippen LogP contribution in [0.15, 0.2) is 0 Å². The molecule has 0 heterocycles. The Bertz CT molecular complexity index is 283. The molecule has 2 nitrogen and oxygen atoms in total. The van der Waals surface area contributed by atoms with E-state index in [9.17, 15) is 4.79 Å². The Morgan fingerprint density at radius 3 is 1.88 bits per heavy atom. The van der Waals surface area contributed by atoms with E-state index >= 15 is 0 Å². The van der Waals surface area contributed by atoms with Gasteiger partial charge < -0.3 is 5.32 Å². The van der Waals surface area contributed by atoms with E-state index in [1.165, 1.54) is 83.5 Å². The van der Waals surface area contributed by atoms with Crippen molar-refractivity contribution in [1.29, 1.82) is 0 Å². The Morgan fingerprint density at radius 1 is 0.760 bits per heavy atom. The fraction of sp³-hybridized carbons (Fsp3) is 0.955. The second kappa shape index (κ2) is 20.3. The number of alkyl halides is 1. The Labute approximate surface area is 166 Å². The van der Waals surface area contributed by atoms with Gasteiger partial charge in [-0.2, -0.15) is 0 Å². The van der Waals surface area contributed by atoms with Gasteiger partial charge in [0.05, 0.1) is 0 Å².